The lowest BCUT2D eigenvalue weighted by molar-refractivity contribution is -0.116. The van der Waals surface area contributed by atoms with Gasteiger partial charge in [0.15, 0.2) is 0 Å². The Labute approximate surface area is 127 Å². The molecule has 21 heavy (non-hydrogen) atoms. The third kappa shape index (κ3) is 2.95. The second kappa shape index (κ2) is 5.89. The number of hydrogen-bond acceptors (Lipinski definition) is 5. The minimum absolute atomic E-state index is 0.0792. The van der Waals surface area contributed by atoms with Crippen LogP contribution in [0.25, 0.3) is 0 Å². The number of aromatic nitrogens is 2. The van der Waals surface area contributed by atoms with Crippen LogP contribution in [-0.4, -0.2) is 27.9 Å². The van der Waals surface area contributed by atoms with E-state index in [-0.39, 0.29) is 11.9 Å². The van der Waals surface area contributed by atoms with Gasteiger partial charge in [0.05, 0.1) is 5.75 Å². The van der Waals surface area contributed by atoms with Gasteiger partial charge in [0.25, 0.3) is 5.22 Å². The maximum absolute atomic E-state index is 12.6. The van der Waals surface area contributed by atoms with Crippen molar-refractivity contribution in [3.8, 4) is 0 Å². The first-order valence-electron chi connectivity index (χ1n) is 6.98. The van der Waals surface area contributed by atoms with E-state index >= 15 is 0 Å². The highest BCUT2D eigenvalue weighted by Gasteiger charge is 2.28. The molecule has 0 radical (unpaired) electrons. The number of carbonyl (C=O) groups excluding carboxylic acids is 1. The maximum atomic E-state index is 12.6. The Kier molecular flexibility index (Phi) is 3.96. The van der Waals surface area contributed by atoms with Crippen molar-refractivity contribution < 1.29 is 9.21 Å². The van der Waals surface area contributed by atoms with E-state index in [0.29, 0.717) is 16.9 Å². The number of amides is 1. The molecule has 3 rings (SSSR count). The van der Waals surface area contributed by atoms with Crippen molar-refractivity contribution in [3.63, 3.8) is 0 Å². The van der Waals surface area contributed by atoms with Gasteiger partial charge in [-0.3, -0.25) is 4.79 Å². The predicted octanol–water partition coefficient (Wildman–Crippen LogP) is 2.84. The molecule has 1 aliphatic heterocycles. The van der Waals surface area contributed by atoms with E-state index in [2.05, 4.69) is 23.2 Å². The summed E-state index contributed by atoms with van der Waals surface area (Å²) < 4.78 is 5.29. The van der Waals surface area contributed by atoms with Crippen LogP contribution in [0.5, 0.6) is 0 Å². The van der Waals surface area contributed by atoms with Gasteiger partial charge in [0.2, 0.25) is 11.8 Å². The molecule has 0 fully saturated rings. The molecular weight excluding hydrogens is 286 g/mol. The number of thioether (sulfide) groups is 1. The van der Waals surface area contributed by atoms with Gasteiger partial charge in [0, 0.05) is 18.7 Å². The first-order valence-corrected chi connectivity index (χ1v) is 7.96. The molecule has 0 bridgehead atoms. The van der Waals surface area contributed by atoms with Crippen LogP contribution in [-0.2, 0) is 11.2 Å². The fraction of sp³-hybridized carbons (Fsp3) is 0.400. The number of aryl methyl sites for hydroxylation is 2. The zero-order valence-corrected chi connectivity index (χ0v) is 12.9. The molecule has 0 saturated heterocycles. The van der Waals surface area contributed by atoms with E-state index in [1.54, 1.807) is 6.92 Å². The molecule has 1 aromatic heterocycles. The SMILES string of the molecule is Cc1nnc(SCC(=O)N2c3ccccc3CC[C@@H]2C)o1. The highest BCUT2D eigenvalue weighted by molar-refractivity contribution is 7.99. The zero-order chi connectivity index (χ0) is 14.8. The molecule has 1 aromatic carbocycles. The molecular formula is C15H17N3O2S. The summed E-state index contributed by atoms with van der Waals surface area (Å²) >= 11 is 1.29. The molecule has 110 valence electrons. The van der Waals surface area contributed by atoms with E-state index in [1.165, 1.54) is 17.3 Å². The fourth-order valence-corrected chi connectivity index (χ4v) is 3.26. The summed E-state index contributed by atoms with van der Waals surface area (Å²) in [4.78, 5) is 14.5. The van der Waals surface area contributed by atoms with Gasteiger partial charge in [-0.25, -0.2) is 0 Å². The Morgan fingerprint density at radius 3 is 3.00 bits per heavy atom. The molecule has 0 aliphatic carbocycles. The van der Waals surface area contributed by atoms with Crippen molar-refractivity contribution >= 4 is 23.4 Å². The van der Waals surface area contributed by atoms with Crippen molar-refractivity contribution in [2.75, 3.05) is 10.7 Å². The largest absolute Gasteiger partial charge is 0.416 e. The second-order valence-corrected chi connectivity index (χ2v) is 6.08. The van der Waals surface area contributed by atoms with E-state index in [4.69, 9.17) is 4.42 Å². The zero-order valence-electron chi connectivity index (χ0n) is 12.1. The van der Waals surface area contributed by atoms with Crippen LogP contribution >= 0.6 is 11.8 Å². The van der Waals surface area contributed by atoms with Crippen LogP contribution in [0.2, 0.25) is 0 Å². The quantitative estimate of drug-likeness (QED) is 0.816. The minimum Gasteiger partial charge on any atom is -0.416 e. The molecule has 2 aromatic rings. The molecule has 6 heteroatoms. The van der Waals surface area contributed by atoms with Gasteiger partial charge in [-0.2, -0.15) is 0 Å². The van der Waals surface area contributed by atoms with Gasteiger partial charge < -0.3 is 9.32 Å². The molecule has 1 aliphatic rings. The highest BCUT2D eigenvalue weighted by Crippen LogP contribution is 2.31. The number of nitrogens with zero attached hydrogens (tertiary/aromatic N) is 3. The maximum Gasteiger partial charge on any atom is 0.277 e. The third-order valence-corrected chi connectivity index (χ3v) is 4.42. The van der Waals surface area contributed by atoms with Crippen molar-refractivity contribution in [1.29, 1.82) is 0 Å². The number of fused-ring (bicyclic) bond motifs is 1. The first kappa shape index (κ1) is 14.1. The molecule has 0 saturated carbocycles. The number of carbonyl (C=O) groups is 1. The predicted molar refractivity (Wildman–Crippen MR) is 81.5 cm³/mol. The molecule has 1 amide bonds. The average molecular weight is 303 g/mol. The van der Waals surface area contributed by atoms with E-state index in [0.717, 1.165) is 18.5 Å². The van der Waals surface area contributed by atoms with Gasteiger partial charge in [-0.05, 0) is 31.4 Å². The average Bonchev–Trinajstić information content (AvgIpc) is 2.90. The number of hydrogen-bond donors (Lipinski definition) is 0. The van der Waals surface area contributed by atoms with Gasteiger partial charge in [0.1, 0.15) is 0 Å². The topological polar surface area (TPSA) is 59.2 Å². The highest BCUT2D eigenvalue weighted by atomic mass is 32.2. The van der Waals surface area contributed by atoms with Crippen molar-refractivity contribution in [1.82, 2.24) is 10.2 Å². The summed E-state index contributed by atoms with van der Waals surface area (Å²) in [7, 11) is 0. The van der Waals surface area contributed by atoms with Crippen molar-refractivity contribution in [3.05, 3.63) is 35.7 Å². The summed E-state index contributed by atoms with van der Waals surface area (Å²) in [6.07, 6.45) is 2.02. The molecule has 5 nitrogen and oxygen atoms in total. The van der Waals surface area contributed by atoms with Crippen LogP contribution in [0.1, 0.15) is 24.8 Å². The summed E-state index contributed by atoms with van der Waals surface area (Å²) in [5.74, 6) is 0.900. The number of para-hydroxylation sites is 1. The lowest BCUT2D eigenvalue weighted by atomic mass is 9.97. The summed E-state index contributed by atoms with van der Waals surface area (Å²) in [5.41, 5.74) is 2.27. The smallest absolute Gasteiger partial charge is 0.277 e. The Morgan fingerprint density at radius 1 is 1.43 bits per heavy atom. The van der Waals surface area contributed by atoms with Crippen molar-refractivity contribution in [2.45, 2.75) is 38.0 Å². The lowest BCUT2D eigenvalue weighted by Gasteiger charge is -2.35. The Balaban J connectivity index is 1.74. The Bertz CT molecular complexity index is 656. The monoisotopic (exact) mass is 303 g/mol. The standard InChI is InChI=1S/C15H17N3O2S/c1-10-7-8-12-5-3-4-6-13(12)18(10)14(19)9-21-15-17-16-11(2)20-15/h3-6,10H,7-9H2,1-2H3/t10-/m0/s1. The molecule has 1 atom stereocenters. The number of rotatable bonds is 3. The lowest BCUT2D eigenvalue weighted by Crippen LogP contribution is -2.43. The van der Waals surface area contributed by atoms with Crippen LogP contribution in [0.3, 0.4) is 0 Å². The second-order valence-electron chi connectivity index (χ2n) is 5.16. The van der Waals surface area contributed by atoms with Gasteiger partial charge in [-0.15, -0.1) is 10.2 Å². The van der Waals surface area contributed by atoms with Crippen molar-refractivity contribution in [2.24, 2.45) is 0 Å². The van der Waals surface area contributed by atoms with Gasteiger partial charge in [-0.1, -0.05) is 30.0 Å². The summed E-state index contributed by atoms with van der Waals surface area (Å²) in [6, 6.07) is 8.33. The van der Waals surface area contributed by atoms with E-state index < -0.39 is 0 Å². The number of benzene rings is 1. The fourth-order valence-electron chi connectivity index (χ4n) is 2.60. The van der Waals surface area contributed by atoms with Crippen LogP contribution in [0, 0.1) is 6.92 Å². The van der Waals surface area contributed by atoms with E-state index in [9.17, 15) is 4.79 Å². The molecule has 0 unspecified atom stereocenters. The Hall–Kier alpha value is -1.82. The molecule has 0 N–H and O–H groups in total. The first-order chi connectivity index (χ1) is 10.1. The molecule has 2 heterocycles. The molecule has 0 spiro atoms. The minimum atomic E-state index is 0.0792. The van der Waals surface area contributed by atoms with Crippen LogP contribution < -0.4 is 4.90 Å². The summed E-state index contributed by atoms with van der Waals surface area (Å²) in [6.45, 7) is 3.83. The van der Waals surface area contributed by atoms with E-state index in [1.807, 2.05) is 23.1 Å². The normalized spacial score (nSPS) is 17.6. The van der Waals surface area contributed by atoms with Crippen LogP contribution in [0.15, 0.2) is 33.9 Å². The Morgan fingerprint density at radius 2 is 2.24 bits per heavy atom. The number of anilines is 1. The third-order valence-electron chi connectivity index (χ3n) is 3.62. The van der Waals surface area contributed by atoms with Crippen LogP contribution in [0.4, 0.5) is 5.69 Å². The van der Waals surface area contributed by atoms with Gasteiger partial charge >= 0.3 is 0 Å². The summed E-state index contributed by atoms with van der Waals surface area (Å²) in [5, 5.41) is 8.11.